The molecule has 1 aromatic rings. The van der Waals surface area contributed by atoms with E-state index >= 15 is 0 Å². The number of amides is 2. The molecule has 94 valence electrons. The molecule has 0 aromatic heterocycles. The van der Waals surface area contributed by atoms with Crippen LogP contribution in [0.4, 0.5) is 5.69 Å². The maximum Gasteiger partial charge on any atom is 0.263 e. The van der Waals surface area contributed by atoms with Crippen LogP contribution in [-0.4, -0.2) is 34.3 Å². The van der Waals surface area contributed by atoms with Gasteiger partial charge in [-0.15, -0.1) is 0 Å². The number of hydrogen-bond acceptors (Lipinski definition) is 4. The van der Waals surface area contributed by atoms with Crippen LogP contribution in [0.2, 0.25) is 0 Å². The molecule has 2 aliphatic heterocycles. The summed E-state index contributed by atoms with van der Waals surface area (Å²) in [4.78, 5) is 25.8. The molecule has 18 heavy (non-hydrogen) atoms. The Hall–Kier alpha value is -1.49. The van der Waals surface area contributed by atoms with Gasteiger partial charge in [-0.25, -0.2) is 0 Å². The van der Waals surface area contributed by atoms with Crippen LogP contribution in [0.25, 0.3) is 0 Å². The van der Waals surface area contributed by atoms with Crippen LogP contribution < -0.4 is 5.73 Å². The van der Waals surface area contributed by atoms with E-state index in [1.165, 1.54) is 11.3 Å². The lowest BCUT2D eigenvalue weighted by Gasteiger charge is -2.17. The molecular formula is C13H14N2O2S. The molecule has 1 saturated heterocycles. The number of nitrogens with zero attached hydrogens (tertiary/aromatic N) is 1. The van der Waals surface area contributed by atoms with E-state index in [4.69, 9.17) is 5.73 Å². The molecule has 4 nitrogen and oxygen atoms in total. The van der Waals surface area contributed by atoms with Gasteiger partial charge in [-0.2, -0.15) is 11.8 Å². The molecule has 0 saturated carbocycles. The van der Waals surface area contributed by atoms with Gasteiger partial charge in [0.2, 0.25) is 0 Å². The highest BCUT2D eigenvalue weighted by Gasteiger charge is 2.38. The Morgan fingerprint density at radius 3 is 2.83 bits per heavy atom. The number of anilines is 1. The van der Waals surface area contributed by atoms with E-state index < -0.39 is 0 Å². The summed E-state index contributed by atoms with van der Waals surface area (Å²) in [6, 6.07) is 5.05. The number of nitrogens with two attached hydrogens (primary N) is 1. The van der Waals surface area contributed by atoms with Gasteiger partial charge in [0, 0.05) is 17.5 Å². The molecule has 1 unspecified atom stereocenters. The summed E-state index contributed by atoms with van der Waals surface area (Å²) < 4.78 is 0. The van der Waals surface area contributed by atoms with Gasteiger partial charge in [0.1, 0.15) is 0 Å². The number of nitrogen functional groups attached to an aromatic ring is 1. The number of benzene rings is 1. The zero-order valence-corrected chi connectivity index (χ0v) is 10.7. The van der Waals surface area contributed by atoms with Crippen molar-refractivity contribution < 1.29 is 9.59 Å². The molecule has 0 spiro atoms. The van der Waals surface area contributed by atoms with Crippen molar-refractivity contribution in [1.29, 1.82) is 0 Å². The fraction of sp³-hybridized carbons (Fsp3) is 0.385. The summed E-state index contributed by atoms with van der Waals surface area (Å²) in [7, 11) is 0. The van der Waals surface area contributed by atoms with Crippen molar-refractivity contribution in [2.45, 2.75) is 18.1 Å². The molecule has 1 atom stereocenters. The molecule has 5 heteroatoms. The van der Waals surface area contributed by atoms with Crippen LogP contribution in [0.5, 0.6) is 0 Å². The monoisotopic (exact) mass is 262 g/mol. The second-order valence-electron chi connectivity index (χ2n) is 4.63. The van der Waals surface area contributed by atoms with Gasteiger partial charge in [-0.1, -0.05) is 6.07 Å². The smallest absolute Gasteiger partial charge is 0.263 e. The van der Waals surface area contributed by atoms with Crippen molar-refractivity contribution in [3.05, 3.63) is 29.3 Å². The van der Waals surface area contributed by atoms with E-state index in [1.54, 1.807) is 18.2 Å². The number of rotatable bonds is 2. The lowest BCUT2D eigenvalue weighted by Crippen LogP contribution is -2.35. The fourth-order valence-electron chi connectivity index (χ4n) is 2.52. The van der Waals surface area contributed by atoms with Crippen LogP contribution >= 0.6 is 11.8 Å². The van der Waals surface area contributed by atoms with Gasteiger partial charge in [0.25, 0.3) is 11.8 Å². The molecule has 3 rings (SSSR count). The Morgan fingerprint density at radius 2 is 2.17 bits per heavy atom. The van der Waals surface area contributed by atoms with E-state index in [-0.39, 0.29) is 11.8 Å². The minimum atomic E-state index is -0.236. The molecule has 2 aliphatic rings. The largest absolute Gasteiger partial charge is 0.398 e. The van der Waals surface area contributed by atoms with Crippen molar-refractivity contribution >= 4 is 29.3 Å². The maximum absolute atomic E-state index is 12.2. The first-order valence-corrected chi connectivity index (χ1v) is 7.09. The molecule has 0 aliphatic carbocycles. The fourth-order valence-corrected chi connectivity index (χ4v) is 3.77. The molecule has 0 bridgehead atoms. The SMILES string of the molecule is Nc1cccc2c1C(=O)N(CC1CCCS1)C2=O. The highest BCUT2D eigenvalue weighted by Crippen LogP contribution is 2.32. The number of fused-ring (bicyclic) bond motifs is 1. The van der Waals surface area contributed by atoms with Gasteiger partial charge in [-0.05, 0) is 30.7 Å². The van der Waals surface area contributed by atoms with Crippen molar-refractivity contribution in [2.75, 3.05) is 18.0 Å². The first kappa shape index (κ1) is 11.6. The average Bonchev–Trinajstić information content (AvgIpc) is 2.94. The van der Waals surface area contributed by atoms with E-state index in [1.807, 2.05) is 11.8 Å². The minimum Gasteiger partial charge on any atom is -0.398 e. The van der Waals surface area contributed by atoms with Crippen molar-refractivity contribution in [1.82, 2.24) is 4.90 Å². The molecule has 1 aromatic carbocycles. The van der Waals surface area contributed by atoms with Crippen molar-refractivity contribution in [2.24, 2.45) is 0 Å². The second-order valence-corrected chi connectivity index (χ2v) is 6.03. The molecule has 1 fully saturated rings. The number of hydrogen-bond donors (Lipinski definition) is 1. The Labute approximate surface area is 110 Å². The van der Waals surface area contributed by atoms with Crippen LogP contribution in [0.1, 0.15) is 33.6 Å². The first-order chi connectivity index (χ1) is 8.68. The maximum atomic E-state index is 12.2. The van der Waals surface area contributed by atoms with Gasteiger partial charge in [-0.3, -0.25) is 14.5 Å². The quantitative estimate of drug-likeness (QED) is 0.651. The van der Waals surface area contributed by atoms with Gasteiger partial charge in [0.15, 0.2) is 0 Å². The van der Waals surface area contributed by atoms with Gasteiger partial charge < -0.3 is 5.73 Å². The zero-order chi connectivity index (χ0) is 12.7. The van der Waals surface area contributed by atoms with Crippen LogP contribution in [0.3, 0.4) is 0 Å². The Kier molecular flexibility index (Phi) is 2.78. The first-order valence-electron chi connectivity index (χ1n) is 6.05. The number of thioether (sulfide) groups is 1. The highest BCUT2D eigenvalue weighted by atomic mass is 32.2. The predicted molar refractivity (Wildman–Crippen MR) is 71.7 cm³/mol. The third-order valence-electron chi connectivity index (χ3n) is 3.44. The number of carbonyl (C=O) groups is 2. The topological polar surface area (TPSA) is 63.4 Å². The predicted octanol–water partition coefficient (Wildman–Crippen LogP) is 1.76. The van der Waals surface area contributed by atoms with E-state index in [2.05, 4.69) is 0 Å². The molecule has 2 amide bonds. The van der Waals surface area contributed by atoms with E-state index in [0.29, 0.717) is 28.6 Å². The summed E-state index contributed by atoms with van der Waals surface area (Å²) in [5.41, 5.74) is 7.01. The van der Waals surface area contributed by atoms with E-state index in [0.717, 1.165) is 12.2 Å². The minimum absolute atomic E-state index is 0.199. The third kappa shape index (κ3) is 1.70. The lowest BCUT2D eigenvalue weighted by molar-refractivity contribution is 0.0655. The summed E-state index contributed by atoms with van der Waals surface area (Å²) in [6.07, 6.45) is 2.24. The van der Waals surface area contributed by atoms with Gasteiger partial charge in [0.05, 0.1) is 11.1 Å². The highest BCUT2D eigenvalue weighted by molar-refractivity contribution is 8.00. The zero-order valence-electron chi connectivity index (χ0n) is 9.89. The normalized spacial score (nSPS) is 22.7. The van der Waals surface area contributed by atoms with Crippen LogP contribution in [0, 0.1) is 0 Å². The van der Waals surface area contributed by atoms with Crippen molar-refractivity contribution in [3.63, 3.8) is 0 Å². The number of carbonyl (C=O) groups excluding carboxylic acids is 2. The standard InChI is InChI=1S/C13H14N2O2S/c14-10-5-1-4-9-11(10)13(17)15(12(9)16)7-8-3-2-6-18-8/h1,4-5,8H,2-3,6-7,14H2. The average molecular weight is 262 g/mol. The van der Waals surface area contributed by atoms with Crippen molar-refractivity contribution in [3.8, 4) is 0 Å². The molecule has 2 heterocycles. The Morgan fingerprint density at radius 1 is 1.33 bits per heavy atom. The summed E-state index contributed by atoms with van der Waals surface area (Å²) in [6.45, 7) is 0.510. The Bertz CT molecular complexity index is 524. The summed E-state index contributed by atoms with van der Waals surface area (Å²) in [5, 5.41) is 0.383. The van der Waals surface area contributed by atoms with Crippen LogP contribution in [-0.2, 0) is 0 Å². The third-order valence-corrected chi connectivity index (χ3v) is 4.82. The number of imide groups is 1. The second kappa shape index (κ2) is 4.31. The summed E-state index contributed by atoms with van der Waals surface area (Å²) >= 11 is 1.84. The Balaban J connectivity index is 1.89. The lowest BCUT2D eigenvalue weighted by atomic mass is 10.1. The molecule has 2 N–H and O–H groups in total. The van der Waals surface area contributed by atoms with Crippen LogP contribution in [0.15, 0.2) is 18.2 Å². The van der Waals surface area contributed by atoms with Gasteiger partial charge >= 0.3 is 0 Å². The summed E-state index contributed by atoms with van der Waals surface area (Å²) in [5.74, 6) is 0.686. The molecular weight excluding hydrogens is 248 g/mol. The molecule has 0 radical (unpaired) electrons. The van der Waals surface area contributed by atoms with E-state index in [9.17, 15) is 9.59 Å².